The molecule has 0 aliphatic rings. The van der Waals surface area contributed by atoms with E-state index in [0.717, 1.165) is 0 Å². The van der Waals surface area contributed by atoms with Crippen molar-refractivity contribution in [3.63, 3.8) is 0 Å². The van der Waals surface area contributed by atoms with Crippen LogP contribution in [-0.4, -0.2) is 31.3 Å². The molecule has 0 aromatic heterocycles. The van der Waals surface area contributed by atoms with Crippen LogP contribution in [0.2, 0.25) is 0 Å². The monoisotopic (exact) mass is 367 g/mol. The number of nitrogens with zero attached hydrogens (tertiary/aromatic N) is 1. The van der Waals surface area contributed by atoms with Crippen LogP contribution in [0.3, 0.4) is 0 Å². The molecule has 0 amide bonds. The largest absolute Gasteiger partial charge is 0.679 e. The van der Waals surface area contributed by atoms with Crippen LogP contribution in [0.5, 0.6) is 0 Å². The molecular weight excluding hydrogens is 358 g/mol. The topological polar surface area (TPSA) is 58.1 Å². The van der Waals surface area contributed by atoms with Gasteiger partial charge in [-0.05, 0) is 0 Å². The van der Waals surface area contributed by atoms with Crippen LogP contribution in [0.15, 0.2) is 0 Å². The average molecular weight is 368 g/mol. The second-order valence-corrected chi connectivity index (χ2v) is 4.47. The van der Waals surface area contributed by atoms with Gasteiger partial charge in [0.1, 0.15) is 0 Å². The first kappa shape index (κ1) is 13.7. The summed E-state index contributed by atoms with van der Waals surface area (Å²) in [6.45, 7) is 1.49. The number of hydrogen-bond donors (Lipinski definition) is 1. The van der Waals surface area contributed by atoms with Crippen LogP contribution in [-0.2, 0) is 16.5 Å². The third kappa shape index (κ3) is 22.9. The fourth-order valence-corrected chi connectivity index (χ4v) is 0.262. The van der Waals surface area contributed by atoms with E-state index in [1.165, 1.54) is 0 Å². The first-order chi connectivity index (χ1) is 4.83. The molecule has 0 unspecified atom stereocenters. The van der Waals surface area contributed by atoms with E-state index in [4.69, 9.17) is 29.7 Å². The molecule has 2 N–H and O–H groups in total. The van der Waals surface area contributed by atoms with Gasteiger partial charge < -0.3 is 16.2 Å². The third-order valence-electron chi connectivity index (χ3n) is 0.528. The molecule has 6 heteroatoms. The summed E-state index contributed by atoms with van der Waals surface area (Å²) in [5.41, 5.74) is 6.61. The first-order valence-corrected chi connectivity index (χ1v) is 8.17. The van der Waals surface area contributed by atoms with Crippen LogP contribution in [0, 0.1) is 0 Å². The molecule has 0 aromatic rings. The zero-order chi connectivity index (χ0) is 8.24. The predicted molar refractivity (Wildman–Crippen MR) is 41.1 cm³/mol. The Bertz CT molecular complexity index is 48.2. The summed E-state index contributed by atoms with van der Waals surface area (Å²) in [6, 6.07) is 0. The summed E-state index contributed by atoms with van der Waals surface area (Å²) >= 11 is -0.472. The molecule has 0 aromatic carbocycles. The third-order valence-corrected chi connectivity index (χ3v) is 0.528. The second-order valence-electron chi connectivity index (χ2n) is 1.19. The minimum absolute atomic E-state index is 0.111. The zero-order valence-electron chi connectivity index (χ0n) is 5.30. The minimum Gasteiger partial charge on any atom is -0.679 e. The second kappa shape index (κ2) is 16.6. The van der Waals surface area contributed by atoms with E-state index in [9.17, 15) is 0 Å². The molecule has 0 saturated heterocycles. The molecule has 0 spiro atoms. The number of hydrogen-bond acceptors (Lipinski definition) is 1. The number of halogens is 2. The molecule has 0 aliphatic heterocycles. The number of aliphatic hydroxyl groups is 1. The van der Waals surface area contributed by atoms with E-state index in [2.05, 4.69) is 5.32 Å². The Balaban J connectivity index is 0. The van der Waals surface area contributed by atoms with Gasteiger partial charge in [-0.1, -0.05) is 0 Å². The Morgan fingerprint density at radius 3 is 2.20 bits per heavy atom. The Morgan fingerprint density at radius 1 is 1.40 bits per heavy atom. The minimum atomic E-state index is -0.472. The van der Waals surface area contributed by atoms with Gasteiger partial charge in [0.25, 0.3) is 0 Å². The van der Waals surface area contributed by atoms with Gasteiger partial charge >= 0.3 is 35.3 Å². The normalized spacial score (nSPS) is 8.80. The van der Waals surface area contributed by atoms with Gasteiger partial charge in [0.15, 0.2) is 0 Å². The van der Waals surface area contributed by atoms with E-state index in [1.54, 1.807) is 0 Å². The van der Waals surface area contributed by atoms with Gasteiger partial charge in [0.2, 0.25) is 0 Å². The quantitative estimate of drug-likeness (QED) is 0.756. The van der Waals surface area contributed by atoms with Crippen LogP contribution in [0.1, 0.15) is 0 Å². The summed E-state index contributed by atoms with van der Waals surface area (Å²) in [5.74, 6) is 0. The molecule has 0 atom stereocenters. The number of nitrogens with one attached hydrogen (secondary N) is 1. The van der Waals surface area contributed by atoms with Crippen molar-refractivity contribution in [1.82, 2.24) is 0 Å². The molecule has 0 radical (unpaired) electrons. The number of rotatable bonds is 4. The molecule has 3 nitrogen and oxygen atoms in total. The van der Waals surface area contributed by atoms with Crippen molar-refractivity contribution in [3.8, 4) is 0 Å². The molecule has 0 fully saturated rings. The summed E-state index contributed by atoms with van der Waals surface area (Å²) < 4.78 is 0. The van der Waals surface area contributed by atoms with Gasteiger partial charge in [0.05, 0.1) is 0 Å². The fourth-order valence-electron chi connectivity index (χ4n) is 0.262. The molecule has 0 aliphatic carbocycles. The summed E-state index contributed by atoms with van der Waals surface area (Å²) in [5, 5.41) is 11.9. The van der Waals surface area contributed by atoms with Crippen molar-refractivity contribution in [2.24, 2.45) is 0 Å². The van der Waals surface area contributed by atoms with E-state index in [1.807, 2.05) is 0 Å². The van der Waals surface area contributed by atoms with E-state index in [-0.39, 0.29) is 6.61 Å². The van der Waals surface area contributed by atoms with Crippen molar-refractivity contribution < 1.29 is 21.6 Å². The molecule has 0 bridgehead atoms. The van der Waals surface area contributed by atoms with Gasteiger partial charge in [0, 0.05) is 6.61 Å². The zero-order valence-corrected chi connectivity index (χ0v) is 9.08. The maximum atomic E-state index is 8.14. The summed E-state index contributed by atoms with van der Waals surface area (Å²) in [7, 11) is 9.75. The Labute approximate surface area is 77.7 Å². The van der Waals surface area contributed by atoms with E-state index in [0.29, 0.717) is 19.6 Å². The molecular formula is C4H10Cl2N2OPt. The van der Waals surface area contributed by atoms with Gasteiger partial charge in [-0.25, -0.2) is 0 Å². The Kier molecular flexibility index (Phi) is 22.8. The standard InChI is InChI=1S/C4H10N2O.2ClH.Pt/c5-1-2-6-3-4-7;;;/h5,7H,1-4H2;2*1H;/q-2;;;+4/p-2. The van der Waals surface area contributed by atoms with E-state index >= 15 is 0 Å². The van der Waals surface area contributed by atoms with Crippen molar-refractivity contribution in [2.75, 3.05) is 26.2 Å². The van der Waals surface area contributed by atoms with Crippen LogP contribution in [0.4, 0.5) is 0 Å². The SMILES string of the molecule is [Cl][Pt+2][Cl].[NH-]CC[N-]CCO. The van der Waals surface area contributed by atoms with Crippen molar-refractivity contribution in [1.29, 1.82) is 0 Å². The van der Waals surface area contributed by atoms with Gasteiger partial charge in [-0.15, -0.1) is 6.54 Å². The maximum absolute atomic E-state index is 8.14. The van der Waals surface area contributed by atoms with Crippen molar-refractivity contribution >= 4 is 18.8 Å². The van der Waals surface area contributed by atoms with Crippen molar-refractivity contribution in [2.45, 2.75) is 0 Å². The van der Waals surface area contributed by atoms with Gasteiger partial charge in [-0.2, -0.15) is 13.1 Å². The van der Waals surface area contributed by atoms with Crippen LogP contribution in [0.25, 0.3) is 11.1 Å². The molecule has 0 rings (SSSR count). The van der Waals surface area contributed by atoms with Crippen LogP contribution >= 0.6 is 18.8 Å². The maximum Gasteiger partial charge on any atom is 0.0243 e. The number of aliphatic hydroxyl groups excluding tert-OH is 1. The summed E-state index contributed by atoms with van der Waals surface area (Å²) in [4.78, 5) is 0. The average Bonchev–Trinajstić information content (AvgIpc) is 1.91. The Morgan fingerprint density at radius 2 is 1.90 bits per heavy atom. The molecule has 66 valence electrons. The molecule has 10 heavy (non-hydrogen) atoms. The van der Waals surface area contributed by atoms with Crippen LogP contribution < -0.4 is 0 Å². The summed E-state index contributed by atoms with van der Waals surface area (Å²) in [6.07, 6.45) is 0. The Hall–Kier alpha value is 1.15. The van der Waals surface area contributed by atoms with E-state index < -0.39 is 16.5 Å². The first-order valence-electron chi connectivity index (χ1n) is 2.54. The fraction of sp³-hybridized carbons (Fsp3) is 1.00. The van der Waals surface area contributed by atoms with Gasteiger partial charge in [-0.3, -0.25) is 0 Å². The smallest absolute Gasteiger partial charge is 0.0243 e. The predicted octanol–water partition coefficient (Wildman–Crippen LogP) is 1.78. The van der Waals surface area contributed by atoms with Crippen molar-refractivity contribution in [3.05, 3.63) is 11.1 Å². The molecule has 0 heterocycles. The molecule has 0 saturated carbocycles.